The average molecular weight is 234 g/mol. The average Bonchev–Trinajstić information content (AvgIpc) is 2.69. The van der Waals surface area contributed by atoms with Crippen molar-refractivity contribution < 1.29 is 9.90 Å². The van der Waals surface area contributed by atoms with Gasteiger partial charge in [-0.15, -0.1) is 0 Å². The Kier molecular flexibility index (Phi) is 3.64. The fourth-order valence-electron chi connectivity index (χ4n) is 2.14. The number of para-hydroxylation sites is 1. The van der Waals surface area contributed by atoms with Crippen LogP contribution in [0.1, 0.15) is 12.0 Å². The molecule has 0 aliphatic carbocycles. The summed E-state index contributed by atoms with van der Waals surface area (Å²) in [6.45, 7) is 4.26. The molecule has 0 unspecified atom stereocenters. The molecule has 17 heavy (non-hydrogen) atoms. The summed E-state index contributed by atoms with van der Waals surface area (Å²) >= 11 is 0. The predicted molar refractivity (Wildman–Crippen MR) is 67.2 cm³/mol. The molecule has 1 N–H and O–H groups in total. The normalized spacial score (nSPS) is 15.8. The number of aliphatic hydroxyl groups excluding tert-OH is 1. The quantitative estimate of drug-likeness (QED) is 0.860. The second kappa shape index (κ2) is 5.19. The number of carbonyl (C=O) groups is 1. The number of anilines is 1. The Balaban J connectivity index is 2.10. The molecule has 0 saturated carbocycles. The van der Waals surface area contributed by atoms with Crippen LogP contribution in [0.5, 0.6) is 0 Å². The number of benzene rings is 1. The lowest BCUT2D eigenvalue weighted by atomic mass is 10.2. The lowest BCUT2D eigenvalue weighted by Crippen LogP contribution is -2.33. The van der Waals surface area contributed by atoms with Crippen molar-refractivity contribution in [3.63, 3.8) is 0 Å². The van der Waals surface area contributed by atoms with Gasteiger partial charge in [-0.05, 0) is 25.0 Å². The second-order valence-electron chi connectivity index (χ2n) is 4.28. The molecule has 1 aliphatic heterocycles. The summed E-state index contributed by atoms with van der Waals surface area (Å²) in [5, 5.41) is 8.79. The number of nitrogens with zero attached hydrogens (tertiary/aromatic N) is 2. The molecule has 92 valence electrons. The number of carbonyl (C=O) groups excluding carboxylic acids is 1. The van der Waals surface area contributed by atoms with Gasteiger partial charge in [0.15, 0.2) is 0 Å². The van der Waals surface area contributed by atoms with E-state index in [1.165, 1.54) is 0 Å². The van der Waals surface area contributed by atoms with Crippen molar-refractivity contribution in [2.45, 2.75) is 13.3 Å². The summed E-state index contributed by atoms with van der Waals surface area (Å²) in [7, 11) is 0. The molecule has 0 atom stereocenters. The molecule has 1 aromatic rings. The molecule has 0 aromatic heterocycles. The van der Waals surface area contributed by atoms with Crippen molar-refractivity contribution >= 4 is 11.7 Å². The van der Waals surface area contributed by atoms with Gasteiger partial charge in [0.05, 0.1) is 0 Å². The van der Waals surface area contributed by atoms with E-state index < -0.39 is 0 Å². The number of aliphatic hydroxyl groups is 1. The van der Waals surface area contributed by atoms with Crippen molar-refractivity contribution in [3.05, 3.63) is 29.8 Å². The highest BCUT2D eigenvalue weighted by Gasteiger charge is 2.29. The van der Waals surface area contributed by atoms with Crippen molar-refractivity contribution in [1.82, 2.24) is 4.90 Å². The van der Waals surface area contributed by atoms with Crippen LogP contribution in [-0.4, -0.2) is 42.3 Å². The number of amides is 2. The molecule has 1 aliphatic rings. The Morgan fingerprint density at radius 3 is 2.76 bits per heavy atom. The minimum Gasteiger partial charge on any atom is -0.396 e. The summed E-state index contributed by atoms with van der Waals surface area (Å²) in [4.78, 5) is 15.7. The van der Waals surface area contributed by atoms with Gasteiger partial charge < -0.3 is 10.0 Å². The van der Waals surface area contributed by atoms with Crippen LogP contribution in [0.15, 0.2) is 24.3 Å². The first-order valence-electron chi connectivity index (χ1n) is 5.97. The van der Waals surface area contributed by atoms with Gasteiger partial charge in [-0.2, -0.15) is 0 Å². The number of hydrogen-bond acceptors (Lipinski definition) is 2. The van der Waals surface area contributed by atoms with Gasteiger partial charge in [0.2, 0.25) is 0 Å². The van der Waals surface area contributed by atoms with E-state index in [4.69, 9.17) is 5.11 Å². The molecule has 2 amide bonds. The molecular weight excluding hydrogens is 216 g/mol. The minimum atomic E-state index is 0.0488. The maximum atomic E-state index is 12.1. The van der Waals surface area contributed by atoms with Gasteiger partial charge in [0.1, 0.15) is 0 Å². The van der Waals surface area contributed by atoms with Crippen LogP contribution in [0.2, 0.25) is 0 Å². The Bertz CT molecular complexity index is 406. The van der Waals surface area contributed by atoms with E-state index >= 15 is 0 Å². The lowest BCUT2D eigenvalue weighted by Gasteiger charge is -2.19. The molecule has 0 radical (unpaired) electrons. The summed E-state index contributed by atoms with van der Waals surface area (Å²) in [5.74, 6) is 0. The van der Waals surface area contributed by atoms with Gasteiger partial charge in [-0.1, -0.05) is 18.2 Å². The fraction of sp³-hybridized carbons (Fsp3) is 0.462. The predicted octanol–water partition coefficient (Wildman–Crippen LogP) is 1.62. The first kappa shape index (κ1) is 11.9. The molecule has 0 spiro atoms. The molecule has 0 bridgehead atoms. The van der Waals surface area contributed by atoms with Gasteiger partial charge in [0.25, 0.3) is 0 Å². The molecule has 4 nitrogen and oxygen atoms in total. The number of aryl methyl sites for hydroxylation is 1. The summed E-state index contributed by atoms with van der Waals surface area (Å²) < 4.78 is 0. The molecule has 1 fully saturated rings. The molecule has 1 aromatic carbocycles. The second-order valence-corrected chi connectivity index (χ2v) is 4.28. The van der Waals surface area contributed by atoms with E-state index in [2.05, 4.69) is 0 Å². The first-order chi connectivity index (χ1) is 8.24. The monoisotopic (exact) mass is 234 g/mol. The Labute approximate surface area is 101 Å². The van der Waals surface area contributed by atoms with Crippen LogP contribution in [0, 0.1) is 6.92 Å². The lowest BCUT2D eigenvalue weighted by molar-refractivity contribution is 0.211. The van der Waals surface area contributed by atoms with E-state index in [1.54, 1.807) is 4.90 Å². The molecule has 4 heteroatoms. The molecular formula is C13H18N2O2. The van der Waals surface area contributed by atoms with Gasteiger partial charge in [0, 0.05) is 31.9 Å². The van der Waals surface area contributed by atoms with E-state index in [9.17, 15) is 4.79 Å². The van der Waals surface area contributed by atoms with Crippen LogP contribution in [0.4, 0.5) is 10.5 Å². The van der Waals surface area contributed by atoms with Crippen molar-refractivity contribution in [2.24, 2.45) is 0 Å². The van der Waals surface area contributed by atoms with E-state index in [1.807, 2.05) is 36.1 Å². The highest BCUT2D eigenvalue weighted by atomic mass is 16.3. The third kappa shape index (κ3) is 2.42. The number of urea groups is 1. The third-order valence-electron chi connectivity index (χ3n) is 3.09. The van der Waals surface area contributed by atoms with E-state index in [0.717, 1.165) is 24.3 Å². The van der Waals surface area contributed by atoms with E-state index in [-0.39, 0.29) is 12.6 Å². The minimum absolute atomic E-state index is 0.0488. The van der Waals surface area contributed by atoms with Gasteiger partial charge in [-0.25, -0.2) is 4.79 Å². The van der Waals surface area contributed by atoms with Crippen LogP contribution < -0.4 is 4.90 Å². The van der Waals surface area contributed by atoms with Crippen molar-refractivity contribution in [2.75, 3.05) is 31.1 Å². The topological polar surface area (TPSA) is 43.8 Å². The SMILES string of the molecule is Cc1ccccc1N1CCN(CCCO)C1=O. The van der Waals surface area contributed by atoms with E-state index in [0.29, 0.717) is 13.0 Å². The smallest absolute Gasteiger partial charge is 0.324 e. The Morgan fingerprint density at radius 1 is 1.29 bits per heavy atom. The zero-order chi connectivity index (χ0) is 12.3. The van der Waals surface area contributed by atoms with Crippen LogP contribution >= 0.6 is 0 Å². The fourth-order valence-corrected chi connectivity index (χ4v) is 2.14. The zero-order valence-corrected chi connectivity index (χ0v) is 10.1. The van der Waals surface area contributed by atoms with Gasteiger partial charge >= 0.3 is 6.03 Å². The molecule has 2 rings (SSSR count). The summed E-state index contributed by atoms with van der Waals surface area (Å²) in [5.41, 5.74) is 2.11. The number of rotatable bonds is 4. The van der Waals surface area contributed by atoms with Gasteiger partial charge in [-0.3, -0.25) is 4.90 Å². The molecule has 1 saturated heterocycles. The number of hydrogen-bond donors (Lipinski definition) is 1. The highest BCUT2D eigenvalue weighted by Crippen LogP contribution is 2.23. The maximum Gasteiger partial charge on any atom is 0.324 e. The van der Waals surface area contributed by atoms with Crippen molar-refractivity contribution in [1.29, 1.82) is 0 Å². The first-order valence-corrected chi connectivity index (χ1v) is 5.97. The highest BCUT2D eigenvalue weighted by molar-refractivity contribution is 5.94. The third-order valence-corrected chi connectivity index (χ3v) is 3.09. The van der Waals surface area contributed by atoms with Crippen molar-refractivity contribution in [3.8, 4) is 0 Å². The summed E-state index contributed by atoms with van der Waals surface area (Å²) in [6, 6.07) is 7.96. The zero-order valence-electron chi connectivity index (χ0n) is 10.1. The van der Waals surface area contributed by atoms with Crippen LogP contribution in [0.3, 0.4) is 0 Å². The summed E-state index contributed by atoms with van der Waals surface area (Å²) in [6.07, 6.45) is 0.646. The Hall–Kier alpha value is -1.55. The largest absolute Gasteiger partial charge is 0.396 e. The maximum absolute atomic E-state index is 12.1. The van der Waals surface area contributed by atoms with Crippen LogP contribution in [-0.2, 0) is 0 Å². The molecule has 1 heterocycles. The van der Waals surface area contributed by atoms with Crippen LogP contribution in [0.25, 0.3) is 0 Å². The standard InChI is InChI=1S/C13H18N2O2/c1-11-5-2-3-6-12(11)15-9-8-14(13(15)17)7-4-10-16/h2-3,5-6,16H,4,7-10H2,1H3. The Morgan fingerprint density at radius 2 is 2.06 bits per heavy atom.